The molecule has 0 heterocycles. The molecule has 2 rings (SSSR count). The Balaban J connectivity index is 1.62. The molecule has 234 valence electrons. The zero-order valence-corrected chi connectivity index (χ0v) is 26.9. The largest absolute Gasteiger partial charge is 0.507 e. The minimum atomic E-state index is -0.567. The van der Waals surface area contributed by atoms with E-state index in [-0.39, 0.29) is 73.5 Å². The lowest BCUT2D eigenvalue weighted by Gasteiger charge is -2.23. The Morgan fingerprint density at radius 1 is 0.667 bits per heavy atom. The summed E-state index contributed by atoms with van der Waals surface area (Å²) in [5.41, 5.74) is 4.86. The van der Waals surface area contributed by atoms with Gasteiger partial charge < -0.3 is 29.2 Å². The van der Waals surface area contributed by atoms with Crippen LogP contribution in [0.25, 0.3) is 0 Å². The number of hydrogen-bond donors (Lipinski definition) is 2. The number of hydrogen-bond acceptors (Lipinski definition) is 8. The van der Waals surface area contributed by atoms with Crippen molar-refractivity contribution in [2.24, 2.45) is 0 Å². The minimum absolute atomic E-state index is 0.0806. The molecule has 2 N–H and O–H groups in total. The van der Waals surface area contributed by atoms with E-state index in [2.05, 4.69) is 0 Å². The van der Waals surface area contributed by atoms with Crippen molar-refractivity contribution in [3.8, 4) is 11.5 Å². The molecule has 0 radical (unpaired) electrons. The molecule has 0 unspecified atom stereocenters. The highest BCUT2D eigenvalue weighted by atomic mass is 16.7. The number of aryl methyl sites for hydroxylation is 4. The van der Waals surface area contributed by atoms with Gasteiger partial charge in [0.2, 0.25) is 0 Å². The molecule has 0 atom stereocenters. The zero-order valence-electron chi connectivity index (χ0n) is 26.9. The lowest BCUT2D eigenvalue weighted by Crippen LogP contribution is -2.20. The van der Waals surface area contributed by atoms with Crippen LogP contribution >= 0.6 is 0 Å². The summed E-state index contributed by atoms with van der Waals surface area (Å²) in [7, 11) is 0. The van der Waals surface area contributed by atoms with Crippen LogP contribution in [0.15, 0.2) is 24.3 Å². The van der Waals surface area contributed by atoms with Gasteiger partial charge in [-0.1, -0.05) is 76.9 Å². The van der Waals surface area contributed by atoms with Gasteiger partial charge in [0.15, 0.2) is 6.29 Å². The van der Waals surface area contributed by atoms with Crippen molar-refractivity contribution in [1.82, 2.24) is 0 Å². The van der Waals surface area contributed by atoms with E-state index in [1.807, 2.05) is 79.7 Å². The van der Waals surface area contributed by atoms with Gasteiger partial charge in [0.1, 0.15) is 24.7 Å². The molecular weight excluding hydrogens is 536 g/mol. The van der Waals surface area contributed by atoms with E-state index >= 15 is 0 Å². The molecule has 0 saturated carbocycles. The van der Waals surface area contributed by atoms with Crippen LogP contribution in [0.5, 0.6) is 11.5 Å². The van der Waals surface area contributed by atoms with Gasteiger partial charge in [-0.2, -0.15) is 0 Å². The van der Waals surface area contributed by atoms with Crippen LogP contribution in [0.1, 0.15) is 94.7 Å². The lowest BCUT2D eigenvalue weighted by atomic mass is 9.83. The van der Waals surface area contributed by atoms with E-state index in [1.54, 1.807) is 6.92 Å². The molecular formula is C34H50O8. The van der Waals surface area contributed by atoms with E-state index in [0.29, 0.717) is 12.8 Å². The fourth-order valence-corrected chi connectivity index (χ4v) is 4.64. The number of carbonyl (C=O) groups is 2. The van der Waals surface area contributed by atoms with Gasteiger partial charge in [-0.15, -0.1) is 0 Å². The molecule has 0 aromatic heterocycles. The average Bonchev–Trinajstić information content (AvgIpc) is 2.88. The average molecular weight is 587 g/mol. The highest BCUT2D eigenvalue weighted by molar-refractivity contribution is 5.70. The van der Waals surface area contributed by atoms with Crippen molar-refractivity contribution >= 4 is 11.9 Å². The van der Waals surface area contributed by atoms with E-state index in [4.69, 9.17) is 18.9 Å². The Kier molecular flexibility index (Phi) is 12.9. The van der Waals surface area contributed by atoms with Gasteiger partial charge in [0, 0.05) is 12.8 Å². The number of aromatic hydroxyl groups is 2. The third kappa shape index (κ3) is 11.3. The zero-order chi connectivity index (χ0) is 31.7. The minimum Gasteiger partial charge on any atom is -0.507 e. The quantitative estimate of drug-likeness (QED) is 0.150. The maximum absolute atomic E-state index is 12.2. The van der Waals surface area contributed by atoms with Crippen LogP contribution in [-0.4, -0.2) is 54.9 Å². The van der Waals surface area contributed by atoms with Crippen molar-refractivity contribution < 1.29 is 38.7 Å². The molecule has 0 spiro atoms. The maximum atomic E-state index is 12.2. The molecule has 42 heavy (non-hydrogen) atoms. The first kappa shape index (κ1) is 35.1. The fraction of sp³-hybridized carbons (Fsp3) is 0.588. The summed E-state index contributed by atoms with van der Waals surface area (Å²) in [4.78, 5) is 24.4. The van der Waals surface area contributed by atoms with Gasteiger partial charge in [0.05, 0.1) is 13.2 Å². The second-order valence-corrected chi connectivity index (χ2v) is 12.9. The van der Waals surface area contributed by atoms with Crippen molar-refractivity contribution in [3.05, 3.63) is 57.6 Å². The summed E-state index contributed by atoms with van der Waals surface area (Å²) >= 11 is 0. The molecule has 0 fully saturated rings. The van der Waals surface area contributed by atoms with Gasteiger partial charge in [-0.3, -0.25) is 9.59 Å². The maximum Gasteiger partial charge on any atom is 0.306 e. The normalized spacial score (nSPS) is 12.0. The van der Waals surface area contributed by atoms with E-state index in [1.165, 1.54) is 0 Å². The first-order valence-corrected chi connectivity index (χ1v) is 14.7. The number of phenolic OH excluding ortho intramolecular Hbond substituents is 2. The van der Waals surface area contributed by atoms with Crippen LogP contribution in [-0.2, 0) is 52.2 Å². The summed E-state index contributed by atoms with van der Waals surface area (Å²) < 4.78 is 21.5. The molecule has 0 aliphatic heterocycles. The monoisotopic (exact) mass is 586 g/mol. The summed E-state index contributed by atoms with van der Waals surface area (Å²) in [6.45, 7) is 18.4. The van der Waals surface area contributed by atoms with Crippen molar-refractivity contribution in [2.45, 2.75) is 105 Å². The van der Waals surface area contributed by atoms with Crippen molar-refractivity contribution in [1.29, 1.82) is 0 Å². The van der Waals surface area contributed by atoms with Gasteiger partial charge in [-0.05, 0) is 66.7 Å². The Hall–Kier alpha value is -3.10. The summed E-state index contributed by atoms with van der Waals surface area (Å²) in [6, 6.07) is 7.75. The molecule has 8 nitrogen and oxygen atoms in total. The molecule has 0 aliphatic carbocycles. The number of carbonyl (C=O) groups excluding carboxylic acids is 2. The summed E-state index contributed by atoms with van der Waals surface area (Å²) in [6.07, 6.45) is 0.512. The molecule has 0 aliphatic rings. The first-order valence-electron chi connectivity index (χ1n) is 14.7. The van der Waals surface area contributed by atoms with Crippen molar-refractivity contribution in [2.75, 3.05) is 26.4 Å². The number of rotatable bonds is 14. The van der Waals surface area contributed by atoms with Crippen LogP contribution in [0, 0.1) is 13.8 Å². The Morgan fingerprint density at radius 3 is 1.36 bits per heavy atom. The highest BCUT2D eigenvalue weighted by Gasteiger charge is 2.22. The van der Waals surface area contributed by atoms with Gasteiger partial charge in [-0.25, -0.2) is 0 Å². The number of phenols is 2. The van der Waals surface area contributed by atoms with Crippen molar-refractivity contribution in [3.63, 3.8) is 0 Å². The topological polar surface area (TPSA) is 112 Å². The highest BCUT2D eigenvalue weighted by Crippen LogP contribution is 2.36. The third-order valence-electron chi connectivity index (χ3n) is 6.88. The number of esters is 2. The summed E-state index contributed by atoms with van der Waals surface area (Å²) in [5.74, 6) is -0.265. The van der Waals surface area contributed by atoms with Crippen LogP contribution in [0.4, 0.5) is 0 Å². The molecule has 2 aromatic carbocycles. The van der Waals surface area contributed by atoms with E-state index < -0.39 is 6.29 Å². The first-order chi connectivity index (χ1) is 19.5. The standard InChI is InChI=1S/C34H50O8/c1-22-18-25(31(37)27(20-22)33(4,5)6)10-12-29(35)41-16-14-39-24(3)40-15-17-42-30(36)13-11-26-19-23(2)21-28(32(26)38)34(7,8)9/h18-21,24,37-38H,10-17H2,1-9H3. The summed E-state index contributed by atoms with van der Waals surface area (Å²) in [5, 5.41) is 21.3. The second kappa shape index (κ2) is 15.4. The lowest BCUT2D eigenvalue weighted by molar-refractivity contribution is -0.163. The number of ether oxygens (including phenoxy) is 4. The predicted octanol–water partition coefficient (Wildman–Crippen LogP) is 6.34. The smallest absolute Gasteiger partial charge is 0.306 e. The molecule has 8 heteroatoms. The molecule has 0 amide bonds. The molecule has 0 bridgehead atoms. The Labute approximate surface area is 251 Å². The fourth-order valence-electron chi connectivity index (χ4n) is 4.64. The van der Waals surface area contributed by atoms with Crippen LogP contribution in [0.3, 0.4) is 0 Å². The molecule has 0 saturated heterocycles. The second-order valence-electron chi connectivity index (χ2n) is 12.9. The van der Waals surface area contributed by atoms with Gasteiger partial charge in [0.25, 0.3) is 0 Å². The SMILES string of the molecule is Cc1cc(CCC(=O)OCCOC(C)OCCOC(=O)CCc2cc(C)cc(C(C)(C)C)c2O)c(O)c(C(C)(C)C)c1. The molecule has 2 aromatic rings. The van der Waals surface area contributed by atoms with Crippen LogP contribution < -0.4 is 0 Å². The number of benzene rings is 2. The Bertz CT molecular complexity index is 1110. The predicted molar refractivity (Wildman–Crippen MR) is 163 cm³/mol. The third-order valence-corrected chi connectivity index (χ3v) is 6.88. The van der Waals surface area contributed by atoms with E-state index in [0.717, 1.165) is 33.4 Å². The Morgan fingerprint density at radius 2 is 1.02 bits per heavy atom. The van der Waals surface area contributed by atoms with E-state index in [9.17, 15) is 19.8 Å². The van der Waals surface area contributed by atoms with Gasteiger partial charge >= 0.3 is 11.9 Å². The van der Waals surface area contributed by atoms with Crippen LogP contribution in [0.2, 0.25) is 0 Å².